The van der Waals surface area contributed by atoms with Crippen molar-refractivity contribution in [2.24, 2.45) is 5.73 Å². The topological polar surface area (TPSA) is 107 Å². The number of aromatic amines is 1. The lowest BCUT2D eigenvalue weighted by molar-refractivity contribution is 0.414. The van der Waals surface area contributed by atoms with Crippen molar-refractivity contribution < 1.29 is 0 Å². The Morgan fingerprint density at radius 1 is 1.33 bits per heavy atom. The number of hydrogen-bond donors (Lipinski definition) is 3. The Hall–Kier alpha value is -2.08. The van der Waals surface area contributed by atoms with Crippen LogP contribution >= 0.6 is 0 Å². The van der Waals surface area contributed by atoms with Gasteiger partial charge in [-0.3, -0.25) is 14.7 Å². The average Bonchev–Trinajstić information content (AvgIpc) is 2.34. The fourth-order valence-corrected chi connectivity index (χ4v) is 1.94. The van der Waals surface area contributed by atoms with Gasteiger partial charge in [0.1, 0.15) is 6.17 Å². The summed E-state index contributed by atoms with van der Waals surface area (Å²) in [6.45, 7) is 1.96. The molecule has 0 aliphatic heterocycles. The van der Waals surface area contributed by atoms with Crippen LogP contribution in [0.1, 0.15) is 25.9 Å². The molecule has 18 heavy (non-hydrogen) atoms. The minimum absolute atomic E-state index is 0.292. The maximum absolute atomic E-state index is 12.2. The third kappa shape index (κ3) is 2.02. The number of H-pyrrole nitrogens is 1. The van der Waals surface area contributed by atoms with Crippen LogP contribution in [-0.2, 0) is 0 Å². The highest BCUT2D eigenvalue weighted by atomic mass is 16.2. The molecule has 0 bridgehead atoms. The lowest BCUT2D eigenvalue weighted by atomic mass is 10.2. The molecule has 0 saturated heterocycles. The zero-order valence-electron chi connectivity index (χ0n) is 10.1. The van der Waals surface area contributed by atoms with Gasteiger partial charge in [0.25, 0.3) is 11.1 Å². The molecule has 2 aromatic rings. The van der Waals surface area contributed by atoms with E-state index in [1.807, 2.05) is 6.92 Å². The SMILES string of the molecule is CCCC(N)n1[nH]c(=O)c2cc(N)ccc2c1=O. The minimum atomic E-state index is -0.517. The van der Waals surface area contributed by atoms with E-state index >= 15 is 0 Å². The molecule has 2 rings (SSSR count). The van der Waals surface area contributed by atoms with Crippen LogP contribution in [0.15, 0.2) is 27.8 Å². The summed E-state index contributed by atoms with van der Waals surface area (Å²) in [5.41, 5.74) is 11.3. The number of fused-ring (bicyclic) bond motifs is 1. The molecule has 1 aromatic carbocycles. The molecule has 0 saturated carbocycles. The van der Waals surface area contributed by atoms with Crippen LogP contribution < -0.4 is 22.6 Å². The smallest absolute Gasteiger partial charge is 0.274 e. The summed E-state index contributed by atoms with van der Waals surface area (Å²) in [5.74, 6) is 0. The molecule has 1 heterocycles. The maximum Gasteiger partial charge on any atom is 0.274 e. The molecule has 0 aliphatic carbocycles. The first-order valence-electron chi connectivity index (χ1n) is 5.84. The first-order chi connectivity index (χ1) is 8.54. The fourth-order valence-electron chi connectivity index (χ4n) is 1.94. The second-order valence-electron chi connectivity index (χ2n) is 4.28. The first-order valence-corrected chi connectivity index (χ1v) is 5.84. The van der Waals surface area contributed by atoms with Crippen molar-refractivity contribution in [1.82, 2.24) is 9.78 Å². The Bertz CT molecular complexity index is 687. The summed E-state index contributed by atoms with van der Waals surface area (Å²) in [4.78, 5) is 24.1. The van der Waals surface area contributed by atoms with Gasteiger partial charge in [-0.05, 0) is 24.6 Å². The summed E-state index contributed by atoms with van der Waals surface area (Å²) in [7, 11) is 0. The maximum atomic E-state index is 12.2. The third-order valence-corrected chi connectivity index (χ3v) is 2.88. The van der Waals surface area contributed by atoms with Crippen molar-refractivity contribution in [3.8, 4) is 0 Å². The molecular formula is C12H16N4O2. The van der Waals surface area contributed by atoms with Crippen molar-refractivity contribution in [1.29, 1.82) is 0 Å². The molecule has 6 heteroatoms. The Morgan fingerprint density at radius 2 is 2.06 bits per heavy atom. The largest absolute Gasteiger partial charge is 0.399 e. The first kappa shape index (κ1) is 12.4. The van der Waals surface area contributed by atoms with Crippen molar-refractivity contribution in [2.45, 2.75) is 25.9 Å². The van der Waals surface area contributed by atoms with Gasteiger partial charge in [-0.1, -0.05) is 13.3 Å². The molecule has 96 valence electrons. The number of nitrogens with two attached hydrogens (primary N) is 2. The van der Waals surface area contributed by atoms with Crippen molar-refractivity contribution in [3.63, 3.8) is 0 Å². The number of nitrogens with zero attached hydrogens (tertiary/aromatic N) is 1. The second-order valence-corrected chi connectivity index (χ2v) is 4.28. The molecule has 1 aromatic heterocycles. The number of nitrogens with one attached hydrogen (secondary N) is 1. The predicted octanol–water partition coefficient (Wildman–Crippen LogP) is 0.529. The van der Waals surface area contributed by atoms with Crippen LogP contribution in [0, 0.1) is 0 Å². The van der Waals surface area contributed by atoms with Gasteiger partial charge < -0.3 is 11.5 Å². The molecule has 0 aliphatic rings. The van der Waals surface area contributed by atoms with Crippen LogP contribution in [0.4, 0.5) is 5.69 Å². The molecule has 0 radical (unpaired) electrons. The van der Waals surface area contributed by atoms with E-state index in [0.29, 0.717) is 22.9 Å². The van der Waals surface area contributed by atoms with Gasteiger partial charge in [0.15, 0.2) is 0 Å². The quantitative estimate of drug-likeness (QED) is 0.688. The van der Waals surface area contributed by atoms with E-state index in [-0.39, 0.29) is 11.1 Å². The van der Waals surface area contributed by atoms with Crippen molar-refractivity contribution in [2.75, 3.05) is 5.73 Å². The Labute approximate surface area is 103 Å². The van der Waals surface area contributed by atoms with E-state index in [1.165, 1.54) is 10.7 Å². The molecule has 0 fully saturated rings. The third-order valence-electron chi connectivity index (χ3n) is 2.88. The summed E-state index contributed by atoms with van der Waals surface area (Å²) >= 11 is 0. The van der Waals surface area contributed by atoms with Gasteiger partial charge in [-0.2, -0.15) is 0 Å². The van der Waals surface area contributed by atoms with E-state index in [0.717, 1.165) is 6.42 Å². The van der Waals surface area contributed by atoms with Gasteiger partial charge in [0.2, 0.25) is 0 Å². The number of anilines is 1. The van der Waals surface area contributed by atoms with Crippen LogP contribution in [0.3, 0.4) is 0 Å². The Kier molecular flexibility index (Phi) is 3.20. The molecular weight excluding hydrogens is 232 g/mol. The standard InChI is InChI=1S/C12H16N4O2/c1-2-3-10(14)16-12(18)8-5-4-7(13)6-9(8)11(17)15-16/h4-6,10H,2-3,13-14H2,1H3,(H,15,17). The highest BCUT2D eigenvalue weighted by Gasteiger charge is 2.11. The molecule has 0 amide bonds. The van der Waals surface area contributed by atoms with E-state index in [4.69, 9.17) is 11.5 Å². The van der Waals surface area contributed by atoms with E-state index in [1.54, 1.807) is 12.1 Å². The lowest BCUT2D eigenvalue weighted by Gasteiger charge is -2.14. The zero-order valence-corrected chi connectivity index (χ0v) is 10.1. The van der Waals surface area contributed by atoms with Gasteiger partial charge in [-0.15, -0.1) is 0 Å². The van der Waals surface area contributed by atoms with Crippen molar-refractivity contribution >= 4 is 16.5 Å². The highest BCUT2D eigenvalue weighted by molar-refractivity contribution is 5.83. The molecule has 5 N–H and O–H groups in total. The van der Waals surface area contributed by atoms with Gasteiger partial charge in [-0.25, -0.2) is 4.68 Å². The normalized spacial score (nSPS) is 12.8. The van der Waals surface area contributed by atoms with Crippen LogP contribution in [-0.4, -0.2) is 9.78 Å². The number of aromatic nitrogens is 2. The molecule has 0 spiro atoms. The minimum Gasteiger partial charge on any atom is -0.399 e. The van der Waals surface area contributed by atoms with Gasteiger partial charge >= 0.3 is 0 Å². The van der Waals surface area contributed by atoms with E-state index in [9.17, 15) is 9.59 Å². The van der Waals surface area contributed by atoms with Gasteiger partial charge in [0.05, 0.1) is 10.8 Å². The average molecular weight is 248 g/mol. The molecule has 1 unspecified atom stereocenters. The van der Waals surface area contributed by atoms with Crippen LogP contribution in [0.25, 0.3) is 10.8 Å². The van der Waals surface area contributed by atoms with Gasteiger partial charge in [0, 0.05) is 5.69 Å². The fraction of sp³-hybridized carbons (Fsp3) is 0.333. The van der Waals surface area contributed by atoms with Crippen molar-refractivity contribution in [3.05, 3.63) is 38.9 Å². The number of hydrogen-bond acceptors (Lipinski definition) is 4. The highest BCUT2D eigenvalue weighted by Crippen LogP contribution is 2.10. The summed E-state index contributed by atoms with van der Waals surface area (Å²) in [5, 5.41) is 3.12. The molecule has 1 atom stereocenters. The predicted molar refractivity (Wildman–Crippen MR) is 71.4 cm³/mol. The Morgan fingerprint density at radius 3 is 2.72 bits per heavy atom. The number of benzene rings is 1. The van der Waals surface area contributed by atoms with E-state index < -0.39 is 6.17 Å². The summed E-state index contributed by atoms with van der Waals surface area (Å²) in [6, 6.07) is 4.64. The monoisotopic (exact) mass is 248 g/mol. The Balaban J connectivity index is 2.73. The summed E-state index contributed by atoms with van der Waals surface area (Å²) in [6.07, 6.45) is 0.934. The zero-order chi connectivity index (χ0) is 13.3. The second kappa shape index (κ2) is 4.66. The lowest BCUT2D eigenvalue weighted by Crippen LogP contribution is -2.36. The molecule has 6 nitrogen and oxygen atoms in total. The summed E-state index contributed by atoms with van der Waals surface area (Å²) < 4.78 is 1.18. The van der Waals surface area contributed by atoms with Crippen LogP contribution in [0.2, 0.25) is 0 Å². The number of nitrogen functional groups attached to an aromatic ring is 1. The van der Waals surface area contributed by atoms with E-state index in [2.05, 4.69) is 5.10 Å². The van der Waals surface area contributed by atoms with Crippen LogP contribution in [0.5, 0.6) is 0 Å². The number of rotatable bonds is 3.